The molecular weight excluding hydrogens is 254 g/mol. The maximum Gasteiger partial charge on any atom is 0.256 e. The minimum absolute atomic E-state index is 0.130. The van der Waals surface area contributed by atoms with Gasteiger partial charge >= 0.3 is 0 Å². The van der Waals surface area contributed by atoms with E-state index >= 15 is 0 Å². The summed E-state index contributed by atoms with van der Waals surface area (Å²) in [5.74, 6) is 3.44. The predicted molar refractivity (Wildman–Crippen MR) is 73.3 cm³/mol. The third-order valence-electron chi connectivity index (χ3n) is 4.02. The summed E-state index contributed by atoms with van der Waals surface area (Å²) < 4.78 is 5.88. The molecule has 3 unspecified atom stereocenters. The number of carbonyl (C=O) groups excluding carboxylic acids is 1. The van der Waals surface area contributed by atoms with E-state index in [0.29, 0.717) is 23.2 Å². The first-order valence-corrected chi connectivity index (χ1v) is 6.84. The second-order valence-corrected chi connectivity index (χ2v) is 5.51. The Kier molecular flexibility index (Phi) is 2.36. The Morgan fingerprint density at radius 2 is 2.05 bits per heavy atom. The fraction of sp³-hybridized carbons (Fsp3) is 0.333. The van der Waals surface area contributed by atoms with Gasteiger partial charge in [-0.2, -0.15) is 0 Å². The largest absolute Gasteiger partial charge is 0.462 e. The van der Waals surface area contributed by atoms with E-state index in [-0.39, 0.29) is 12.1 Å². The topological polar surface area (TPSA) is 67.2 Å². The Hall–Kier alpha value is -2.30. The van der Waals surface area contributed by atoms with Crippen molar-refractivity contribution in [1.82, 2.24) is 10.3 Å². The van der Waals surface area contributed by atoms with Gasteiger partial charge in [0.25, 0.3) is 5.91 Å². The number of anilines is 1. The Balaban J connectivity index is 1.61. The molecule has 1 fully saturated rings. The third-order valence-corrected chi connectivity index (χ3v) is 4.02. The quantitative estimate of drug-likeness (QED) is 0.879. The van der Waals surface area contributed by atoms with E-state index in [4.69, 9.17) is 4.42 Å². The predicted octanol–water partition coefficient (Wildman–Crippen LogP) is 2.65. The first kappa shape index (κ1) is 11.5. The molecule has 1 aliphatic carbocycles. The van der Waals surface area contributed by atoms with Gasteiger partial charge in [-0.05, 0) is 36.6 Å². The van der Waals surface area contributed by atoms with Gasteiger partial charge in [-0.1, -0.05) is 6.92 Å². The van der Waals surface area contributed by atoms with Crippen LogP contribution >= 0.6 is 0 Å². The van der Waals surface area contributed by atoms with Crippen LogP contribution in [0.15, 0.2) is 34.9 Å². The molecule has 0 saturated heterocycles. The number of hydrogen-bond acceptors (Lipinski definition) is 4. The Bertz CT molecular complexity index is 679. The number of nitrogens with zero attached hydrogens (tertiary/aromatic N) is 1. The van der Waals surface area contributed by atoms with Gasteiger partial charge in [0.15, 0.2) is 6.17 Å². The molecular formula is C15H15N3O2. The molecule has 2 N–H and O–H groups in total. The SMILES string of the molecule is CC1CC1c1ccc(C2NC(=O)c3cccnc3N2)o1. The zero-order chi connectivity index (χ0) is 13.7. The molecule has 0 bridgehead atoms. The van der Waals surface area contributed by atoms with Crippen molar-refractivity contribution < 1.29 is 9.21 Å². The summed E-state index contributed by atoms with van der Waals surface area (Å²) in [5, 5.41) is 6.08. The average molecular weight is 269 g/mol. The molecule has 3 heterocycles. The maximum atomic E-state index is 12.0. The summed E-state index contributed by atoms with van der Waals surface area (Å²) in [7, 11) is 0. The lowest BCUT2D eigenvalue weighted by molar-refractivity contribution is 0.0930. The van der Waals surface area contributed by atoms with Crippen molar-refractivity contribution in [1.29, 1.82) is 0 Å². The molecule has 0 aromatic carbocycles. The minimum atomic E-state index is -0.354. The van der Waals surface area contributed by atoms with Crippen LogP contribution in [0.2, 0.25) is 0 Å². The highest BCUT2D eigenvalue weighted by molar-refractivity contribution is 6.00. The van der Waals surface area contributed by atoms with Gasteiger partial charge in [0.2, 0.25) is 0 Å². The normalized spacial score (nSPS) is 27.4. The molecule has 20 heavy (non-hydrogen) atoms. The Labute approximate surface area is 116 Å². The fourth-order valence-corrected chi connectivity index (χ4v) is 2.67. The van der Waals surface area contributed by atoms with Crippen LogP contribution in [0.3, 0.4) is 0 Å². The first-order chi connectivity index (χ1) is 9.72. The molecule has 2 aromatic heterocycles. The number of pyridine rings is 1. The number of furan rings is 1. The number of rotatable bonds is 2. The monoisotopic (exact) mass is 269 g/mol. The average Bonchev–Trinajstić information content (AvgIpc) is 3.00. The van der Waals surface area contributed by atoms with Crippen LogP contribution in [0.1, 0.15) is 47.3 Å². The number of amides is 1. The van der Waals surface area contributed by atoms with Crippen molar-refractivity contribution in [3.8, 4) is 0 Å². The van der Waals surface area contributed by atoms with E-state index in [1.54, 1.807) is 18.3 Å². The van der Waals surface area contributed by atoms with Gasteiger partial charge in [-0.25, -0.2) is 4.98 Å². The van der Waals surface area contributed by atoms with Crippen LogP contribution in [-0.4, -0.2) is 10.9 Å². The van der Waals surface area contributed by atoms with Crippen LogP contribution < -0.4 is 10.6 Å². The van der Waals surface area contributed by atoms with Crippen LogP contribution in [0.5, 0.6) is 0 Å². The first-order valence-electron chi connectivity index (χ1n) is 6.84. The van der Waals surface area contributed by atoms with Crippen LogP contribution in [0.25, 0.3) is 0 Å². The van der Waals surface area contributed by atoms with Gasteiger partial charge in [0.1, 0.15) is 17.3 Å². The van der Waals surface area contributed by atoms with Crippen molar-refractivity contribution in [3.05, 3.63) is 47.5 Å². The van der Waals surface area contributed by atoms with E-state index in [2.05, 4.69) is 22.5 Å². The Morgan fingerprint density at radius 3 is 2.85 bits per heavy atom. The summed E-state index contributed by atoms with van der Waals surface area (Å²) in [6.07, 6.45) is 2.50. The molecule has 5 heteroatoms. The second-order valence-electron chi connectivity index (χ2n) is 5.51. The van der Waals surface area contributed by atoms with Crippen molar-refractivity contribution in [2.75, 3.05) is 5.32 Å². The van der Waals surface area contributed by atoms with E-state index in [1.807, 2.05) is 12.1 Å². The molecule has 2 aliphatic rings. The van der Waals surface area contributed by atoms with E-state index in [9.17, 15) is 4.79 Å². The summed E-state index contributed by atoms with van der Waals surface area (Å²) in [6.45, 7) is 2.22. The van der Waals surface area contributed by atoms with Gasteiger partial charge in [0.05, 0.1) is 5.56 Å². The van der Waals surface area contributed by atoms with Crippen molar-refractivity contribution in [2.24, 2.45) is 5.92 Å². The smallest absolute Gasteiger partial charge is 0.256 e. The van der Waals surface area contributed by atoms with Crippen molar-refractivity contribution in [2.45, 2.75) is 25.4 Å². The summed E-state index contributed by atoms with van der Waals surface area (Å²) in [4.78, 5) is 16.2. The molecule has 4 rings (SSSR count). The highest BCUT2D eigenvalue weighted by Crippen LogP contribution is 2.47. The van der Waals surface area contributed by atoms with Gasteiger partial charge in [-0.3, -0.25) is 4.79 Å². The van der Waals surface area contributed by atoms with Crippen molar-refractivity contribution >= 4 is 11.7 Å². The minimum Gasteiger partial charge on any atom is -0.462 e. The fourth-order valence-electron chi connectivity index (χ4n) is 2.67. The molecule has 0 radical (unpaired) electrons. The number of nitrogens with one attached hydrogen (secondary N) is 2. The van der Waals surface area contributed by atoms with Crippen LogP contribution in [-0.2, 0) is 0 Å². The van der Waals surface area contributed by atoms with E-state index < -0.39 is 0 Å². The van der Waals surface area contributed by atoms with Crippen molar-refractivity contribution in [3.63, 3.8) is 0 Å². The van der Waals surface area contributed by atoms with Crippen LogP contribution in [0.4, 0.5) is 5.82 Å². The van der Waals surface area contributed by atoms with E-state index in [1.165, 1.54) is 6.42 Å². The summed E-state index contributed by atoms with van der Waals surface area (Å²) >= 11 is 0. The van der Waals surface area contributed by atoms with E-state index in [0.717, 1.165) is 11.5 Å². The Morgan fingerprint density at radius 1 is 1.25 bits per heavy atom. The lowest BCUT2D eigenvalue weighted by atomic mass is 10.1. The molecule has 0 spiro atoms. The molecule has 102 valence electrons. The highest BCUT2D eigenvalue weighted by Gasteiger charge is 2.37. The molecule has 1 aliphatic heterocycles. The molecule has 1 amide bonds. The maximum absolute atomic E-state index is 12.0. The zero-order valence-electron chi connectivity index (χ0n) is 11.1. The molecule has 5 nitrogen and oxygen atoms in total. The molecule has 1 saturated carbocycles. The number of hydrogen-bond donors (Lipinski definition) is 2. The second kappa shape index (κ2) is 4.10. The number of carbonyl (C=O) groups is 1. The zero-order valence-corrected chi connectivity index (χ0v) is 11.1. The lowest BCUT2D eigenvalue weighted by Crippen LogP contribution is -2.38. The summed E-state index contributed by atoms with van der Waals surface area (Å²) in [6, 6.07) is 7.43. The highest BCUT2D eigenvalue weighted by atomic mass is 16.3. The number of fused-ring (bicyclic) bond motifs is 1. The standard InChI is InChI=1S/C15H15N3O2/c1-8-7-10(8)11-4-5-12(20-11)14-17-13-9(15(19)18-14)3-2-6-16-13/h2-6,8,10,14H,7H2,1H3,(H,16,17)(H,18,19). The van der Waals surface area contributed by atoms with Gasteiger partial charge in [-0.15, -0.1) is 0 Å². The van der Waals surface area contributed by atoms with Gasteiger partial charge in [0, 0.05) is 12.1 Å². The van der Waals surface area contributed by atoms with Gasteiger partial charge < -0.3 is 15.1 Å². The lowest BCUT2D eigenvalue weighted by Gasteiger charge is -2.25. The molecule has 3 atom stereocenters. The van der Waals surface area contributed by atoms with Crippen LogP contribution in [0, 0.1) is 5.92 Å². The summed E-state index contributed by atoms with van der Waals surface area (Å²) in [5.41, 5.74) is 0.561. The third kappa shape index (κ3) is 1.78. The molecule has 2 aromatic rings. The number of aromatic nitrogens is 1.